The third-order valence-corrected chi connectivity index (χ3v) is 4.18. The minimum absolute atomic E-state index is 0.678. The summed E-state index contributed by atoms with van der Waals surface area (Å²) in [5.74, 6) is 1.17. The van der Waals surface area contributed by atoms with Crippen LogP contribution in [0.5, 0.6) is 0 Å². The van der Waals surface area contributed by atoms with Crippen molar-refractivity contribution in [2.24, 2.45) is 0 Å². The topological polar surface area (TPSA) is 28.2 Å². The SMILES string of the molecule is CCNC1CCN(c2nc3ccccc3cc2C)CC1. The molecule has 2 aromatic rings. The van der Waals surface area contributed by atoms with E-state index in [-0.39, 0.29) is 0 Å². The number of aryl methyl sites for hydroxylation is 1. The molecule has 0 atom stereocenters. The lowest BCUT2D eigenvalue weighted by atomic mass is 10.0. The molecule has 20 heavy (non-hydrogen) atoms. The first kappa shape index (κ1) is 13.4. The number of aromatic nitrogens is 1. The minimum atomic E-state index is 0.678. The molecule has 0 unspecified atom stereocenters. The number of anilines is 1. The third-order valence-electron chi connectivity index (χ3n) is 4.18. The standard InChI is InChI=1S/C17H23N3/c1-3-18-15-8-10-20(11-9-15)17-13(2)12-14-6-4-5-7-16(14)19-17/h4-7,12,15,18H,3,8-11H2,1-2H3. The number of hydrogen-bond acceptors (Lipinski definition) is 3. The fraction of sp³-hybridized carbons (Fsp3) is 0.471. The van der Waals surface area contributed by atoms with Crippen molar-refractivity contribution in [1.29, 1.82) is 0 Å². The van der Waals surface area contributed by atoms with Gasteiger partial charge in [0.1, 0.15) is 5.82 Å². The molecule has 0 radical (unpaired) electrons. The number of nitrogens with one attached hydrogen (secondary N) is 1. The highest BCUT2D eigenvalue weighted by Gasteiger charge is 2.20. The van der Waals surface area contributed by atoms with Gasteiger partial charge in [-0.15, -0.1) is 0 Å². The Labute approximate surface area is 121 Å². The van der Waals surface area contributed by atoms with Crippen molar-refractivity contribution in [3.05, 3.63) is 35.9 Å². The van der Waals surface area contributed by atoms with E-state index in [0.717, 1.165) is 25.2 Å². The summed E-state index contributed by atoms with van der Waals surface area (Å²) in [6.07, 6.45) is 2.42. The average molecular weight is 269 g/mol. The molecule has 1 aliphatic heterocycles. The maximum Gasteiger partial charge on any atom is 0.132 e. The van der Waals surface area contributed by atoms with Crippen LogP contribution in [-0.4, -0.2) is 30.7 Å². The van der Waals surface area contributed by atoms with Gasteiger partial charge in [0.2, 0.25) is 0 Å². The summed E-state index contributed by atoms with van der Waals surface area (Å²) in [5, 5.41) is 4.79. The molecule has 1 fully saturated rings. The lowest BCUT2D eigenvalue weighted by Crippen LogP contribution is -2.43. The fourth-order valence-corrected chi connectivity index (χ4v) is 3.12. The van der Waals surface area contributed by atoms with Crippen LogP contribution in [0.15, 0.2) is 30.3 Å². The van der Waals surface area contributed by atoms with Gasteiger partial charge in [0, 0.05) is 24.5 Å². The Bertz CT molecular complexity index is 586. The molecular weight excluding hydrogens is 246 g/mol. The number of nitrogens with zero attached hydrogens (tertiary/aromatic N) is 2. The second kappa shape index (κ2) is 5.80. The van der Waals surface area contributed by atoms with Crippen molar-refractivity contribution in [2.75, 3.05) is 24.5 Å². The summed E-state index contributed by atoms with van der Waals surface area (Å²) >= 11 is 0. The first-order valence-corrected chi connectivity index (χ1v) is 7.62. The molecule has 106 valence electrons. The van der Waals surface area contributed by atoms with Gasteiger partial charge in [-0.3, -0.25) is 0 Å². The molecular formula is C17H23N3. The highest BCUT2D eigenvalue weighted by atomic mass is 15.2. The molecule has 1 aromatic heterocycles. The zero-order valence-corrected chi connectivity index (χ0v) is 12.4. The number of benzene rings is 1. The van der Waals surface area contributed by atoms with Gasteiger partial charge in [-0.2, -0.15) is 0 Å². The maximum absolute atomic E-state index is 4.87. The monoisotopic (exact) mass is 269 g/mol. The van der Waals surface area contributed by atoms with Crippen LogP contribution >= 0.6 is 0 Å². The van der Waals surface area contributed by atoms with Crippen molar-refractivity contribution in [3.8, 4) is 0 Å². The van der Waals surface area contributed by atoms with E-state index in [1.165, 1.54) is 29.6 Å². The van der Waals surface area contributed by atoms with E-state index in [0.29, 0.717) is 6.04 Å². The summed E-state index contributed by atoms with van der Waals surface area (Å²) in [6, 6.07) is 11.3. The van der Waals surface area contributed by atoms with E-state index in [1.54, 1.807) is 0 Å². The van der Waals surface area contributed by atoms with E-state index in [4.69, 9.17) is 4.98 Å². The molecule has 0 spiro atoms. The van der Waals surface area contributed by atoms with Crippen LogP contribution in [0.4, 0.5) is 5.82 Å². The largest absolute Gasteiger partial charge is 0.356 e. The Balaban J connectivity index is 1.82. The Morgan fingerprint density at radius 1 is 1.25 bits per heavy atom. The highest BCUT2D eigenvalue weighted by molar-refractivity contribution is 5.81. The van der Waals surface area contributed by atoms with Gasteiger partial charge in [-0.05, 0) is 44.0 Å². The summed E-state index contributed by atoms with van der Waals surface area (Å²) < 4.78 is 0. The molecule has 0 saturated carbocycles. The number of fused-ring (bicyclic) bond motifs is 1. The van der Waals surface area contributed by atoms with Crippen molar-refractivity contribution in [2.45, 2.75) is 32.7 Å². The Kier molecular flexibility index (Phi) is 3.88. The quantitative estimate of drug-likeness (QED) is 0.928. The molecule has 3 rings (SSSR count). The lowest BCUT2D eigenvalue weighted by Gasteiger charge is -2.34. The first-order chi connectivity index (χ1) is 9.78. The normalized spacial score (nSPS) is 16.8. The molecule has 3 heteroatoms. The summed E-state index contributed by atoms with van der Waals surface area (Å²) in [7, 11) is 0. The fourth-order valence-electron chi connectivity index (χ4n) is 3.12. The molecule has 0 bridgehead atoms. The van der Waals surface area contributed by atoms with Crippen molar-refractivity contribution < 1.29 is 0 Å². The second-order valence-electron chi connectivity index (χ2n) is 5.64. The maximum atomic E-state index is 4.87. The zero-order chi connectivity index (χ0) is 13.9. The van der Waals surface area contributed by atoms with Crippen molar-refractivity contribution in [3.63, 3.8) is 0 Å². The molecule has 1 aliphatic rings. The zero-order valence-electron chi connectivity index (χ0n) is 12.4. The number of para-hydroxylation sites is 1. The van der Waals surface area contributed by atoms with Crippen LogP contribution in [0.25, 0.3) is 10.9 Å². The molecule has 1 saturated heterocycles. The van der Waals surface area contributed by atoms with Crippen LogP contribution in [0.3, 0.4) is 0 Å². The Morgan fingerprint density at radius 2 is 2.00 bits per heavy atom. The number of piperidine rings is 1. The van der Waals surface area contributed by atoms with E-state index in [9.17, 15) is 0 Å². The van der Waals surface area contributed by atoms with Gasteiger partial charge in [0.25, 0.3) is 0 Å². The second-order valence-corrected chi connectivity index (χ2v) is 5.64. The van der Waals surface area contributed by atoms with Crippen LogP contribution in [0.1, 0.15) is 25.3 Å². The van der Waals surface area contributed by atoms with Crippen LogP contribution < -0.4 is 10.2 Å². The molecule has 0 amide bonds. The predicted molar refractivity (Wildman–Crippen MR) is 85.4 cm³/mol. The molecule has 2 heterocycles. The molecule has 1 N–H and O–H groups in total. The van der Waals surface area contributed by atoms with Gasteiger partial charge in [0.15, 0.2) is 0 Å². The van der Waals surface area contributed by atoms with Gasteiger partial charge in [0.05, 0.1) is 5.52 Å². The molecule has 0 aliphatic carbocycles. The van der Waals surface area contributed by atoms with Crippen molar-refractivity contribution in [1.82, 2.24) is 10.3 Å². The smallest absolute Gasteiger partial charge is 0.132 e. The van der Waals surface area contributed by atoms with Gasteiger partial charge >= 0.3 is 0 Å². The minimum Gasteiger partial charge on any atom is -0.356 e. The van der Waals surface area contributed by atoms with Crippen molar-refractivity contribution >= 4 is 16.7 Å². The highest BCUT2D eigenvalue weighted by Crippen LogP contribution is 2.25. The van der Waals surface area contributed by atoms with Crippen LogP contribution in [-0.2, 0) is 0 Å². The number of hydrogen-bond donors (Lipinski definition) is 1. The van der Waals surface area contributed by atoms with E-state index >= 15 is 0 Å². The number of pyridine rings is 1. The number of rotatable bonds is 3. The van der Waals surface area contributed by atoms with Gasteiger partial charge in [-0.1, -0.05) is 25.1 Å². The van der Waals surface area contributed by atoms with E-state index < -0.39 is 0 Å². The average Bonchev–Trinajstić information content (AvgIpc) is 2.48. The Morgan fingerprint density at radius 3 is 2.75 bits per heavy atom. The summed E-state index contributed by atoms with van der Waals surface area (Å²) in [4.78, 5) is 7.32. The van der Waals surface area contributed by atoms with Gasteiger partial charge < -0.3 is 10.2 Å². The van der Waals surface area contributed by atoms with Crippen LogP contribution in [0, 0.1) is 6.92 Å². The van der Waals surface area contributed by atoms with E-state index in [1.807, 2.05) is 0 Å². The lowest BCUT2D eigenvalue weighted by molar-refractivity contribution is 0.422. The molecule has 1 aromatic carbocycles. The van der Waals surface area contributed by atoms with Crippen LogP contribution in [0.2, 0.25) is 0 Å². The molecule has 3 nitrogen and oxygen atoms in total. The van der Waals surface area contributed by atoms with E-state index in [2.05, 4.69) is 54.4 Å². The first-order valence-electron chi connectivity index (χ1n) is 7.62. The summed E-state index contributed by atoms with van der Waals surface area (Å²) in [6.45, 7) is 7.62. The third kappa shape index (κ3) is 2.63. The van der Waals surface area contributed by atoms with Gasteiger partial charge in [-0.25, -0.2) is 4.98 Å². The predicted octanol–water partition coefficient (Wildman–Crippen LogP) is 3.12. The Hall–Kier alpha value is -1.61. The summed E-state index contributed by atoms with van der Waals surface area (Å²) in [5.41, 5.74) is 2.38.